The molecule has 0 heterocycles. The predicted molar refractivity (Wildman–Crippen MR) is 191 cm³/mol. The van der Waals surface area contributed by atoms with E-state index in [1.165, 1.54) is 11.8 Å². The van der Waals surface area contributed by atoms with E-state index in [2.05, 4.69) is 16.0 Å². The quantitative estimate of drug-likeness (QED) is 0.0931. The molecule has 0 saturated carbocycles. The Balaban J connectivity index is 1.33. The summed E-state index contributed by atoms with van der Waals surface area (Å²) in [6, 6.07) is 38.2. The third kappa shape index (κ3) is 9.14. The number of carbonyl (C=O) groups is 3. The molecule has 0 spiro atoms. The fourth-order valence-electron chi connectivity index (χ4n) is 4.71. The first-order valence-electron chi connectivity index (χ1n) is 15.1. The van der Waals surface area contributed by atoms with Gasteiger partial charge in [-0.2, -0.15) is 0 Å². The van der Waals surface area contributed by atoms with Crippen molar-refractivity contribution in [3.05, 3.63) is 155 Å². The summed E-state index contributed by atoms with van der Waals surface area (Å²) in [7, 11) is 3.11. The van der Waals surface area contributed by atoms with Crippen molar-refractivity contribution in [3.8, 4) is 11.5 Å². The Bertz CT molecular complexity index is 1870. The number of hydrogen-bond donors (Lipinski definition) is 3. The van der Waals surface area contributed by atoms with Crippen LogP contribution in [0.3, 0.4) is 0 Å². The van der Waals surface area contributed by atoms with E-state index in [0.717, 1.165) is 21.6 Å². The van der Waals surface area contributed by atoms with Gasteiger partial charge in [0.25, 0.3) is 11.8 Å². The van der Waals surface area contributed by atoms with Crippen LogP contribution < -0.4 is 25.4 Å². The van der Waals surface area contributed by atoms with Gasteiger partial charge in [-0.1, -0.05) is 78.4 Å². The van der Waals surface area contributed by atoms with E-state index in [1.54, 1.807) is 74.9 Å². The van der Waals surface area contributed by atoms with E-state index in [0.29, 0.717) is 28.4 Å². The molecule has 0 aliphatic heterocycles. The number of anilines is 2. The summed E-state index contributed by atoms with van der Waals surface area (Å²) >= 11 is 1.38. The lowest BCUT2D eigenvalue weighted by atomic mass is 10.1. The van der Waals surface area contributed by atoms with Crippen LogP contribution in [0.5, 0.6) is 11.5 Å². The van der Waals surface area contributed by atoms with Crippen LogP contribution in [0.1, 0.15) is 32.3 Å². The molecule has 8 nitrogen and oxygen atoms in total. The van der Waals surface area contributed by atoms with Gasteiger partial charge in [0.1, 0.15) is 22.4 Å². The first-order chi connectivity index (χ1) is 23.3. The maximum atomic E-state index is 13.7. The second kappa shape index (κ2) is 16.2. The van der Waals surface area contributed by atoms with Crippen LogP contribution in [0.25, 0.3) is 6.08 Å². The standard InChI is InChI=1S/C39H35N3O5S/c1-26-14-16-27(17-15-26)22-35(42-37(43)29-12-8-5-9-13-29)38(44)40-30-18-20-34(21-19-30)48-36(28-10-6-4-7-11-28)39(45)41-31-23-32(46-2)25-33(24-31)47-3/h4-25,36H,1-3H3,(H,40,44)(H,41,45)(H,42,43)/b35-22-. The minimum atomic E-state index is -0.582. The second-order valence-electron chi connectivity index (χ2n) is 10.8. The molecule has 48 heavy (non-hydrogen) atoms. The number of benzene rings is 5. The highest BCUT2D eigenvalue weighted by molar-refractivity contribution is 8.00. The van der Waals surface area contributed by atoms with Crippen LogP contribution in [-0.4, -0.2) is 31.9 Å². The lowest BCUT2D eigenvalue weighted by Crippen LogP contribution is -2.30. The first-order valence-corrected chi connectivity index (χ1v) is 16.0. The molecule has 0 fully saturated rings. The average Bonchev–Trinajstić information content (AvgIpc) is 3.12. The van der Waals surface area contributed by atoms with Crippen LogP contribution >= 0.6 is 11.8 Å². The average molecular weight is 658 g/mol. The van der Waals surface area contributed by atoms with Crippen molar-refractivity contribution >= 4 is 46.9 Å². The van der Waals surface area contributed by atoms with Crippen LogP contribution in [0, 0.1) is 6.92 Å². The zero-order valence-corrected chi connectivity index (χ0v) is 27.5. The summed E-state index contributed by atoms with van der Waals surface area (Å²) in [6.45, 7) is 1.98. The van der Waals surface area contributed by atoms with Gasteiger partial charge in [-0.3, -0.25) is 14.4 Å². The van der Waals surface area contributed by atoms with Gasteiger partial charge < -0.3 is 25.4 Å². The Morgan fingerprint density at radius 3 is 1.90 bits per heavy atom. The Morgan fingerprint density at radius 2 is 1.29 bits per heavy atom. The predicted octanol–water partition coefficient (Wildman–Crippen LogP) is 7.89. The van der Waals surface area contributed by atoms with Crippen molar-refractivity contribution in [1.29, 1.82) is 0 Å². The number of rotatable bonds is 12. The molecule has 1 atom stereocenters. The van der Waals surface area contributed by atoms with Crippen molar-refractivity contribution in [1.82, 2.24) is 5.32 Å². The highest BCUT2D eigenvalue weighted by Gasteiger charge is 2.23. The fraction of sp³-hybridized carbons (Fsp3) is 0.103. The maximum absolute atomic E-state index is 13.7. The van der Waals surface area contributed by atoms with Crippen molar-refractivity contribution in [2.45, 2.75) is 17.1 Å². The SMILES string of the molecule is COc1cc(NC(=O)C(Sc2ccc(NC(=O)/C(=C/c3ccc(C)cc3)NC(=O)c3ccccc3)cc2)c2ccccc2)cc(OC)c1. The molecule has 0 aliphatic rings. The highest BCUT2D eigenvalue weighted by atomic mass is 32.2. The highest BCUT2D eigenvalue weighted by Crippen LogP contribution is 2.37. The van der Waals surface area contributed by atoms with Crippen molar-refractivity contribution in [2.75, 3.05) is 24.9 Å². The third-order valence-electron chi connectivity index (χ3n) is 7.24. The molecule has 5 aromatic rings. The van der Waals surface area contributed by atoms with E-state index in [4.69, 9.17) is 9.47 Å². The number of hydrogen-bond acceptors (Lipinski definition) is 6. The molecular formula is C39H35N3O5S. The summed E-state index contributed by atoms with van der Waals surface area (Å²) in [6.07, 6.45) is 1.64. The van der Waals surface area contributed by atoms with Gasteiger partial charge in [0.15, 0.2) is 0 Å². The molecule has 3 amide bonds. The third-order valence-corrected chi connectivity index (χ3v) is 8.51. The van der Waals surface area contributed by atoms with E-state index >= 15 is 0 Å². The molecule has 0 radical (unpaired) electrons. The monoisotopic (exact) mass is 657 g/mol. The van der Waals surface area contributed by atoms with Gasteiger partial charge in [0.2, 0.25) is 5.91 Å². The molecule has 0 saturated heterocycles. The molecular weight excluding hydrogens is 623 g/mol. The van der Waals surface area contributed by atoms with E-state index in [1.807, 2.05) is 79.7 Å². The number of amides is 3. The molecule has 242 valence electrons. The van der Waals surface area contributed by atoms with E-state index < -0.39 is 17.1 Å². The lowest BCUT2D eigenvalue weighted by molar-refractivity contribution is -0.116. The number of aryl methyl sites for hydroxylation is 1. The zero-order valence-electron chi connectivity index (χ0n) is 26.7. The van der Waals surface area contributed by atoms with Gasteiger partial charge in [-0.05, 0) is 60.5 Å². The topological polar surface area (TPSA) is 106 Å². The van der Waals surface area contributed by atoms with Crippen LogP contribution in [-0.2, 0) is 9.59 Å². The van der Waals surface area contributed by atoms with Gasteiger partial charge >= 0.3 is 0 Å². The molecule has 0 aliphatic carbocycles. The van der Waals surface area contributed by atoms with Gasteiger partial charge in [-0.25, -0.2) is 0 Å². The summed E-state index contributed by atoms with van der Waals surface area (Å²) in [4.78, 5) is 40.9. The molecule has 0 bridgehead atoms. The largest absolute Gasteiger partial charge is 0.497 e. The van der Waals surface area contributed by atoms with Gasteiger partial charge in [-0.15, -0.1) is 11.8 Å². The van der Waals surface area contributed by atoms with Crippen molar-refractivity contribution < 1.29 is 23.9 Å². The minimum Gasteiger partial charge on any atom is -0.497 e. The number of thioether (sulfide) groups is 1. The lowest BCUT2D eigenvalue weighted by Gasteiger charge is -2.18. The molecule has 0 aromatic heterocycles. The smallest absolute Gasteiger partial charge is 0.272 e. The molecule has 1 unspecified atom stereocenters. The van der Waals surface area contributed by atoms with Gasteiger partial charge in [0.05, 0.1) is 14.2 Å². The Labute approximate surface area is 284 Å². The summed E-state index contributed by atoms with van der Waals surface area (Å²) in [5.41, 5.74) is 4.28. The number of methoxy groups -OCH3 is 2. The Kier molecular flexibility index (Phi) is 11.3. The van der Waals surface area contributed by atoms with Crippen molar-refractivity contribution in [3.63, 3.8) is 0 Å². The number of nitrogens with one attached hydrogen (secondary N) is 3. The normalized spacial score (nSPS) is 11.6. The fourth-order valence-corrected chi connectivity index (χ4v) is 5.74. The molecule has 5 aromatic carbocycles. The Morgan fingerprint density at radius 1 is 0.688 bits per heavy atom. The number of carbonyl (C=O) groups excluding carboxylic acids is 3. The second-order valence-corrected chi connectivity index (χ2v) is 11.9. The van der Waals surface area contributed by atoms with Crippen molar-refractivity contribution in [2.24, 2.45) is 0 Å². The molecule has 5 rings (SSSR count). The van der Waals surface area contributed by atoms with Gasteiger partial charge in [0, 0.05) is 40.0 Å². The maximum Gasteiger partial charge on any atom is 0.272 e. The van der Waals surface area contributed by atoms with Crippen LogP contribution in [0.15, 0.2) is 138 Å². The number of ether oxygens (including phenoxy) is 2. The summed E-state index contributed by atoms with van der Waals surface area (Å²) < 4.78 is 10.7. The molecule has 3 N–H and O–H groups in total. The zero-order chi connectivity index (χ0) is 33.9. The minimum absolute atomic E-state index is 0.0983. The van der Waals surface area contributed by atoms with Crippen LogP contribution in [0.4, 0.5) is 11.4 Å². The van der Waals surface area contributed by atoms with Crippen LogP contribution in [0.2, 0.25) is 0 Å². The molecule has 9 heteroatoms. The summed E-state index contributed by atoms with van der Waals surface area (Å²) in [5.74, 6) is 0.0216. The van der Waals surface area contributed by atoms with E-state index in [9.17, 15) is 14.4 Å². The Hall–Kier alpha value is -5.80. The van der Waals surface area contributed by atoms with E-state index in [-0.39, 0.29) is 11.6 Å². The summed E-state index contributed by atoms with van der Waals surface area (Å²) in [5, 5.41) is 8.06. The first kappa shape index (κ1) is 33.6.